The van der Waals surface area contributed by atoms with E-state index in [0.717, 1.165) is 16.0 Å². The second-order valence-electron chi connectivity index (χ2n) is 5.15. The van der Waals surface area contributed by atoms with Crippen molar-refractivity contribution in [2.75, 3.05) is 0 Å². The second-order valence-corrected chi connectivity index (χ2v) is 5.15. The molecule has 0 fully saturated rings. The molecule has 0 aliphatic heterocycles. The van der Waals surface area contributed by atoms with E-state index in [1.54, 1.807) is 24.0 Å². The lowest BCUT2D eigenvalue weighted by atomic mass is 10.1. The Kier molecular flexibility index (Phi) is 2.83. The van der Waals surface area contributed by atoms with Crippen LogP contribution in [0.2, 0.25) is 0 Å². The Labute approximate surface area is 127 Å². The van der Waals surface area contributed by atoms with Gasteiger partial charge in [0, 0.05) is 37.2 Å². The van der Waals surface area contributed by atoms with Gasteiger partial charge in [0.1, 0.15) is 5.82 Å². The molecule has 3 aromatic heterocycles. The molecule has 0 radical (unpaired) electrons. The first-order valence-corrected chi connectivity index (χ1v) is 6.69. The van der Waals surface area contributed by atoms with Crippen LogP contribution in [0.5, 0.6) is 0 Å². The fraction of sp³-hybridized carbons (Fsp3) is 0.143. The lowest BCUT2D eigenvalue weighted by Crippen LogP contribution is -2.04. The quantitative estimate of drug-likeness (QED) is 0.567. The fourth-order valence-corrected chi connectivity index (χ4v) is 2.47. The van der Waals surface area contributed by atoms with Crippen LogP contribution >= 0.6 is 0 Å². The van der Waals surface area contributed by atoms with Crippen molar-refractivity contribution in [2.45, 2.75) is 6.42 Å². The highest BCUT2D eigenvalue weighted by molar-refractivity contribution is 5.79. The van der Waals surface area contributed by atoms with Crippen LogP contribution in [0.4, 0.5) is 13.2 Å². The number of hydrogen-bond donors (Lipinski definition) is 0. The molecule has 6 nitrogen and oxygen atoms in total. The zero-order chi connectivity index (χ0) is 16.1. The van der Waals surface area contributed by atoms with Crippen LogP contribution in [0.3, 0.4) is 0 Å². The largest absolute Gasteiger partial charge is 0.275 e. The highest BCUT2D eigenvalue weighted by Gasteiger charge is 2.15. The molecule has 0 saturated heterocycles. The monoisotopic (exact) mass is 318 g/mol. The first kappa shape index (κ1) is 13.7. The minimum absolute atomic E-state index is 0.0376. The van der Waals surface area contributed by atoms with Gasteiger partial charge in [0.25, 0.3) is 5.95 Å². The fourth-order valence-electron chi connectivity index (χ4n) is 2.47. The molecule has 0 saturated carbocycles. The van der Waals surface area contributed by atoms with Gasteiger partial charge < -0.3 is 0 Å². The van der Waals surface area contributed by atoms with Crippen LogP contribution in [0.25, 0.3) is 16.6 Å². The summed E-state index contributed by atoms with van der Waals surface area (Å²) in [5.74, 6) is -2.63. The summed E-state index contributed by atoms with van der Waals surface area (Å²) in [7, 11) is 1.74. The minimum Gasteiger partial charge on any atom is -0.275 e. The Hall–Kier alpha value is -2.97. The Balaban J connectivity index is 1.81. The third-order valence-electron chi connectivity index (χ3n) is 3.51. The molecule has 0 bridgehead atoms. The van der Waals surface area contributed by atoms with Crippen molar-refractivity contribution < 1.29 is 13.2 Å². The highest BCUT2D eigenvalue weighted by Crippen LogP contribution is 2.20. The van der Waals surface area contributed by atoms with Crippen molar-refractivity contribution in [1.82, 2.24) is 29.6 Å². The average Bonchev–Trinajstić information content (AvgIpc) is 3.03. The molecule has 0 amide bonds. The van der Waals surface area contributed by atoms with Gasteiger partial charge in [0.05, 0.1) is 5.52 Å². The van der Waals surface area contributed by atoms with Gasteiger partial charge in [-0.25, -0.2) is 8.78 Å². The smallest absolute Gasteiger partial charge is 0.267 e. The Morgan fingerprint density at radius 3 is 2.65 bits per heavy atom. The van der Waals surface area contributed by atoms with Gasteiger partial charge in [0.2, 0.25) is 0 Å². The zero-order valence-electron chi connectivity index (χ0n) is 11.8. The zero-order valence-corrected chi connectivity index (χ0v) is 11.8. The molecule has 0 spiro atoms. The van der Waals surface area contributed by atoms with Crippen molar-refractivity contribution in [1.29, 1.82) is 0 Å². The number of hydrogen-bond acceptors (Lipinski definition) is 4. The summed E-state index contributed by atoms with van der Waals surface area (Å²) in [5.41, 5.74) is 0.930. The molecule has 4 rings (SSSR count). The maximum absolute atomic E-state index is 14.2. The Morgan fingerprint density at radius 1 is 1.00 bits per heavy atom. The van der Waals surface area contributed by atoms with Gasteiger partial charge in [-0.2, -0.15) is 14.0 Å². The number of halogens is 3. The van der Waals surface area contributed by atoms with Crippen molar-refractivity contribution in [3.05, 3.63) is 53.4 Å². The van der Waals surface area contributed by atoms with E-state index in [1.165, 1.54) is 6.07 Å². The minimum atomic E-state index is -1.26. The standard InChI is InChI=1S/C14H9F3N6/c1-22-6-8-2-7(9(15)4-11(8)20-22)3-12-18-19-13-5-10(16)14(17)21-23(12)13/h2,4-6H,3H2,1H3. The van der Waals surface area contributed by atoms with Crippen LogP contribution in [0.15, 0.2) is 24.4 Å². The Bertz CT molecular complexity index is 1050. The van der Waals surface area contributed by atoms with E-state index in [-0.39, 0.29) is 17.9 Å². The number of benzene rings is 1. The predicted molar refractivity (Wildman–Crippen MR) is 74.2 cm³/mol. The van der Waals surface area contributed by atoms with Crippen LogP contribution in [-0.4, -0.2) is 29.6 Å². The number of rotatable bonds is 2. The summed E-state index contributed by atoms with van der Waals surface area (Å²) in [6, 6.07) is 3.85. The second kappa shape index (κ2) is 4.77. The third kappa shape index (κ3) is 2.20. The van der Waals surface area contributed by atoms with E-state index in [1.807, 2.05) is 0 Å². The lowest BCUT2D eigenvalue weighted by Gasteiger charge is -2.02. The first-order chi connectivity index (χ1) is 11.0. The van der Waals surface area contributed by atoms with Gasteiger partial charge in [-0.1, -0.05) is 0 Å². The van der Waals surface area contributed by atoms with E-state index < -0.39 is 17.6 Å². The summed E-state index contributed by atoms with van der Waals surface area (Å²) >= 11 is 0. The summed E-state index contributed by atoms with van der Waals surface area (Å²) in [6.07, 6.45) is 1.80. The number of nitrogens with zero attached hydrogens (tertiary/aromatic N) is 6. The predicted octanol–water partition coefficient (Wildman–Crippen LogP) is 2.02. The highest BCUT2D eigenvalue weighted by atomic mass is 19.2. The summed E-state index contributed by atoms with van der Waals surface area (Å²) in [4.78, 5) is 0. The SMILES string of the molecule is Cn1cc2cc(Cc3nnc4cc(F)c(F)nn34)c(F)cc2n1. The molecule has 0 aliphatic rings. The molecule has 0 aliphatic carbocycles. The number of fused-ring (bicyclic) bond motifs is 2. The molecular weight excluding hydrogens is 309 g/mol. The van der Waals surface area contributed by atoms with Gasteiger partial charge >= 0.3 is 0 Å². The Morgan fingerprint density at radius 2 is 1.83 bits per heavy atom. The van der Waals surface area contributed by atoms with Crippen molar-refractivity contribution in [3.8, 4) is 0 Å². The third-order valence-corrected chi connectivity index (χ3v) is 3.51. The molecule has 4 aromatic rings. The average molecular weight is 318 g/mol. The van der Waals surface area contributed by atoms with Gasteiger partial charge in [0.15, 0.2) is 17.3 Å². The van der Waals surface area contributed by atoms with E-state index in [0.29, 0.717) is 11.1 Å². The molecule has 23 heavy (non-hydrogen) atoms. The van der Waals surface area contributed by atoms with E-state index in [2.05, 4.69) is 20.4 Å². The molecule has 3 heterocycles. The van der Waals surface area contributed by atoms with Crippen LogP contribution in [-0.2, 0) is 13.5 Å². The molecule has 1 aromatic carbocycles. The topological polar surface area (TPSA) is 60.9 Å². The maximum atomic E-state index is 14.2. The van der Waals surface area contributed by atoms with Crippen LogP contribution in [0, 0.1) is 17.6 Å². The van der Waals surface area contributed by atoms with E-state index in [9.17, 15) is 13.2 Å². The molecule has 0 N–H and O–H groups in total. The lowest BCUT2D eigenvalue weighted by molar-refractivity contribution is 0.460. The van der Waals surface area contributed by atoms with Gasteiger partial charge in [-0.3, -0.25) is 4.68 Å². The van der Waals surface area contributed by atoms with Crippen LogP contribution < -0.4 is 0 Å². The van der Waals surface area contributed by atoms with E-state index in [4.69, 9.17) is 0 Å². The molecule has 0 atom stereocenters. The molecule has 0 unspecified atom stereocenters. The van der Waals surface area contributed by atoms with Crippen LogP contribution in [0.1, 0.15) is 11.4 Å². The normalized spacial score (nSPS) is 11.7. The maximum Gasteiger partial charge on any atom is 0.267 e. The summed E-state index contributed by atoms with van der Waals surface area (Å²) in [6.45, 7) is 0. The van der Waals surface area contributed by atoms with Crippen molar-refractivity contribution in [2.24, 2.45) is 7.05 Å². The summed E-state index contributed by atoms with van der Waals surface area (Å²) in [5, 5.41) is 15.9. The first-order valence-electron chi connectivity index (χ1n) is 6.69. The molecule has 9 heteroatoms. The van der Waals surface area contributed by atoms with Crippen molar-refractivity contribution in [3.63, 3.8) is 0 Å². The molecule has 116 valence electrons. The van der Waals surface area contributed by atoms with Gasteiger partial charge in [-0.15, -0.1) is 15.3 Å². The number of aromatic nitrogens is 6. The van der Waals surface area contributed by atoms with Crippen molar-refractivity contribution >= 4 is 16.6 Å². The van der Waals surface area contributed by atoms with Gasteiger partial charge in [-0.05, 0) is 11.6 Å². The number of aryl methyl sites for hydroxylation is 1. The summed E-state index contributed by atoms with van der Waals surface area (Å²) < 4.78 is 43.3. The molecular formula is C14H9F3N6. The van der Waals surface area contributed by atoms with E-state index >= 15 is 0 Å².